The fraction of sp³-hybridized carbons (Fsp3) is 0.259. The number of nitrogens with one attached hydrogen (secondary N) is 1. The molecule has 3 aromatic carbocycles. The minimum atomic E-state index is -0.391. The summed E-state index contributed by atoms with van der Waals surface area (Å²) >= 11 is 5.90. The summed E-state index contributed by atoms with van der Waals surface area (Å²) in [5.74, 6) is 1.59. The highest BCUT2D eigenvalue weighted by molar-refractivity contribution is 6.30. The SMILES string of the molecule is COc1cccc(OC)c1C(=O)Nc1ccc2c(c1)N(CCCCOc1ccc(Cl)cc1)C(=O)CO2. The molecular formula is C27H27ClN2O6. The van der Waals surface area contributed by atoms with E-state index in [1.165, 1.54) is 14.2 Å². The molecular weight excluding hydrogens is 484 g/mol. The van der Waals surface area contributed by atoms with Crippen molar-refractivity contribution in [2.24, 2.45) is 0 Å². The summed E-state index contributed by atoms with van der Waals surface area (Å²) in [7, 11) is 2.98. The topological polar surface area (TPSA) is 86.3 Å². The minimum Gasteiger partial charge on any atom is -0.496 e. The number of amides is 2. The molecule has 1 aliphatic rings. The largest absolute Gasteiger partial charge is 0.496 e. The van der Waals surface area contributed by atoms with E-state index < -0.39 is 5.91 Å². The quantitative estimate of drug-likeness (QED) is 0.377. The van der Waals surface area contributed by atoms with Crippen molar-refractivity contribution in [1.29, 1.82) is 0 Å². The molecule has 0 aromatic heterocycles. The van der Waals surface area contributed by atoms with E-state index in [9.17, 15) is 9.59 Å². The molecule has 188 valence electrons. The maximum Gasteiger partial charge on any atom is 0.265 e. The molecule has 9 heteroatoms. The van der Waals surface area contributed by atoms with Crippen molar-refractivity contribution in [2.45, 2.75) is 12.8 Å². The van der Waals surface area contributed by atoms with Gasteiger partial charge in [-0.05, 0) is 67.4 Å². The van der Waals surface area contributed by atoms with Crippen molar-refractivity contribution in [3.8, 4) is 23.0 Å². The van der Waals surface area contributed by atoms with Crippen LogP contribution in [0.2, 0.25) is 5.02 Å². The van der Waals surface area contributed by atoms with Crippen molar-refractivity contribution in [2.75, 3.05) is 44.2 Å². The number of nitrogens with zero attached hydrogens (tertiary/aromatic N) is 1. The van der Waals surface area contributed by atoms with E-state index in [1.54, 1.807) is 53.4 Å². The predicted octanol–water partition coefficient (Wildman–Crippen LogP) is 5.19. The van der Waals surface area contributed by atoms with Crippen molar-refractivity contribution >= 4 is 34.8 Å². The first-order valence-corrected chi connectivity index (χ1v) is 11.9. The Hall–Kier alpha value is -3.91. The molecule has 1 heterocycles. The number of unbranched alkanes of at least 4 members (excludes halogenated alkanes) is 1. The number of carbonyl (C=O) groups excluding carboxylic acids is 2. The fourth-order valence-corrected chi connectivity index (χ4v) is 4.01. The van der Waals surface area contributed by atoms with Crippen LogP contribution < -0.4 is 29.2 Å². The average molecular weight is 511 g/mol. The van der Waals surface area contributed by atoms with Gasteiger partial charge in [-0.1, -0.05) is 17.7 Å². The molecule has 0 spiro atoms. The zero-order valence-corrected chi connectivity index (χ0v) is 20.8. The number of benzene rings is 3. The van der Waals surface area contributed by atoms with Crippen LogP contribution in [0.15, 0.2) is 60.7 Å². The summed E-state index contributed by atoms with van der Waals surface area (Å²) in [5, 5.41) is 3.53. The van der Waals surface area contributed by atoms with Gasteiger partial charge in [0.1, 0.15) is 28.6 Å². The van der Waals surface area contributed by atoms with Crippen molar-refractivity contribution in [1.82, 2.24) is 0 Å². The predicted molar refractivity (Wildman–Crippen MR) is 138 cm³/mol. The molecule has 1 N–H and O–H groups in total. The molecule has 0 unspecified atom stereocenters. The number of methoxy groups -OCH3 is 2. The molecule has 2 amide bonds. The van der Waals surface area contributed by atoms with Gasteiger partial charge in [-0.15, -0.1) is 0 Å². The number of hydrogen-bond acceptors (Lipinski definition) is 6. The lowest BCUT2D eigenvalue weighted by Gasteiger charge is -2.30. The number of fused-ring (bicyclic) bond motifs is 1. The number of anilines is 2. The van der Waals surface area contributed by atoms with Crippen LogP contribution in [0.1, 0.15) is 23.2 Å². The standard InChI is InChI=1S/C27H27ClN2O6/c1-33-23-6-5-7-24(34-2)26(23)27(32)29-19-10-13-22-21(16-19)30(25(31)17-36-22)14-3-4-15-35-20-11-8-18(28)9-12-20/h5-13,16H,3-4,14-15,17H2,1-2H3,(H,29,32). The Bertz CT molecular complexity index is 1210. The Kier molecular flexibility index (Phi) is 8.17. The second kappa shape index (κ2) is 11.7. The zero-order valence-electron chi connectivity index (χ0n) is 20.1. The van der Waals surface area contributed by atoms with Gasteiger partial charge in [0.2, 0.25) is 0 Å². The van der Waals surface area contributed by atoms with E-state index in [0.29, 0.717) is 46.8 Å². The third kappa shape index (κ3) is 5.83. The van der Waals surface area contributed by atoms with Crippen LogP contribution >= 0.6 is 11.6 Å². The van der Waals surface area contributed by atoms with Gasteiger partial charge in [-0.3, -0.25) is 9.59 Å². The summed E-state index contributed by atoms with van der Waals surface area (Å²) in [4.78, 5) is 27.4. The van der Waals surface area contributed by atoms with Crippen LogP contribution in [-0.4, -0.2) is 45.8 Å². The van der Waals surface area contributed by atoms with Crippen molar-refractivity contribution in [3.05, 3.63) is 71.2 Å². The number of rotatable bonds is 10. The van der Waals surface area contributed by atoms with E-state index in [0.717, 1.165) is 18.6 Å². The van der Waals surface area contributed by atoms with Crippen LogP contribution in [0.5, 0.6) is 23.0 Å². The van der Waals surface area contributed by atoms with Crippen LogP contribution in [-0.2, 0) is 4.79 Å². The van der Waals surface area contributed by atoms with Gasteiger partial charge in [0.05, 0.1) is 26.5 Å². The summed E-state index contributed by atoms with van der Waals surface area (Å²) in [6, 6.07) is 17.5. The Morgan fingerprint density at radius 3 is 2.44 bits per heavy atom. The van der Waals surface area contributed by atoms with E-state index >= 15 is 0 Å². The van der Waals surface area contributed by atoms with E-state index in [1.807, 2.05) is 12.1 Å². The highest BCUT2D eigenvalue weighted by Gasteiger charge is 2.26. The van der Waals surface area contributed by atoms with E-state index in [4.69, 9.17) is 30.5 Å². The first-order valence-electron chi connectivity index (χ1n) is 11.5. The Morgan fingerprint density at radius 2 is 1.75 bits per heavy atom. The molecule has 0 fully saturated rings. The van der Waals surface area contributed by atoms with Gasteiger partial charge in [0.25, 0.3) is 11.8 Å². The van der Waals surface area contributed by atoms with Crippen LogP contribution in [0.25, 0.3) is 0 Å². The molecule has 0 radical (unpaired) electrons. The van der Waals surface area contributed by atoms with E-state index in [-0.39, 0.29) is 18.1 Å². The number of hydrogen-bond donors (Lipinski definition) is 1. The third-order valence-electron chi connectivity index (χ3n) is 5.67. The molecule has 36 heavy (non-hydrogen) atoms. The van der Waals surface area contributed by atoms with Crippen molar-refractivity contribution in [3.63, 3.8) is 0 Å². The monoisotopic (exact) mass is 510 g/mol. The molecule has 1 aliphatic heterocycles. The number of carbonyl (C=O) groups is 2. The molecule has 0 saturated heterocycles. The van der Waals surface area contributed by atoms with Gasteiger partial charge in [-0.2, -0.15) is 0 Å². The molecule has 4 rings (SSSR count). The second-order valence-electron chi connectivity index (χ2n) is 8.02. The van der Waals surface area contributed by atoms with Gasteiger partial charge in [0.15, 0.2) is 6.61 Å². The van der Waals surface area contributed by atoms with Crippen LogP contribution in [0, 0.1) is 0 Å². The van der Waals surface area contributed by atoms with E-state index in [2.05, 4.69) is 5.32 Å². The van der Waals surface area contributed by atoms with Crippen LogP contribution in [0.3, 0.4) is 0 Å². The maximum atomic E-state index is 13.1. The lowest BCUT2D eigenvalue weighted by atomic mass is 10.1. The second-order valence-corrected chi connectivity index (χ2v) is 8.45. The summed E-state index contributed by atoms with van der Waals surface area (Å²) in [6.07, 6.45) is 1.49. The first kappa shape index (κ1) is 25.2. The zero-order chi connectivity index (χ0) is 25.5. The Balaban J connectivity index is 1.42. The summed E-state index contributed by atoms with van der Waals surface area (Å²) in [5.41, 5.74) is 1.40. The van der Waals surface area contributed by atoms with Gasteiger partial charge in [-0.25, -0.2) is 0 Å². The Labute approximate surface area is 214 Å². The summed E-state index contributed by atoms with van der Waals surface area (Å²) in [6.45, 7) is 0.985. The van der Waals surface area contributed by atoms with Gasteiger partial charge < -0.3 is 29.2 Å². The molecule has 0 aliphatic carbocycles. The lowest BCUT2D eigenvalue weighted by Crippen LogP contribution is -2.39. The molecule has 3 aromatic rings. The lowest BCUT2D eigenvalue weighted by molar-refractivity contribution is -0.121. The van der Waals surface area contributed by atoms with Gasteiger partial charge >= 0.3 is 0 Å². The average Bonchev–Trinajstić information content (AvgIpc) is 2.90. The highest BCUT2D eigenvalue weighted by Crippen LogP contribution is 2.36. The van der Waals surface area contributed by atoms with Crippen LogP contribution in [0.4, 0.5) is 11.4 Å². The number of halogens is 1. The Morgan fingerprint density at radius 1 is 1.03 bits per heavy atom. The first-order chi connectivity index (χ1) is 17.5. The minimum absolute atomic E-state index is 0.0294. The number of ether oxygens (including phenoxy) is 4. The molecule has 8 nitrogen and oxygen atoms in total. The normalized spacial score (nSPS) is 12.4. The smallest absolute Gasteiger partial charge is 0.265 e. The van der Waals surface area contributed by atoms with Crippen molar-refractivity contribution < 1.29 is 28.5 Å². The third-order valence-corrected chi connectivity index (χ3v) is 5.93. The maximum absolute atomic E-state index is 13.1. The van der Waals surface area contributed by atoms with Gasteiger partial charge in [0, 0.05) is 17.3 Å². The highest BCUT2D eigenvalue weighted by atomic mass is 35.5. The summed E-state index contributed by atoms with van der Waals surface area (Å²) < 4.78 is 22.0. The molecule has 0 saturated carbocycles. The molecule has 0 bridgehead atoms. The molecule has 0 atom stereocenters. The fourth-order valence-electron chi connectivity index (χ4n) is 3.89.